The topological polar surface area (TPSA) is 67.0 Å². The minimum atomic E-state index is -0.114. The van der Waals surface area contributed by atoms with E-state index >= 15 is 0 Å². The Morgan fingerprint density at radius 3 is 2.90 bits per heavy atom. The van der Waals surface area contributed by atoms with Gasteiger partial charge in [-0.05, 0) is 25.0 Å². The molecule has 5 heteroatoms. The number of fused-ring (bicyclic) bond motifs is 1. The van der Waals surface area contributed by atoms with Gasteiger partial charge in [-0.3, -0.25) is 9.78 Å². The normalized spacial score (nSPS) is 10.8. The fraction of sp³-hybridized carbons (Fsp3) is 0.467. The SMILES string of the molecule is CCCCOCCCNc1nc2ccccc2c(=O)[nH]1. The van der Waals surface area contributed by atoms with E-state index in [9.17, 15) is 4.79 Å². The summed E-state index contributed by atoms with van der Waals surface area (Å²) in [6.07, 6.45) is 3.15. The van der Waals surface area contributed by atoms with Crippen LogP contribution in [0, 0.1) is 0 Å². The number of para-hydroxylation sites is 1. The molecule has 1 heterocycles. The van der Waals surface area contributed by atoms with Crippen LogP contribution in [0.5, 0.6) is 0 Å². The Balaban J connectivity index is 1.83. The number of hydrogen-bond acceptors (Lipinski definition) is 4. The quantitative estimate of drug-likeness (QED) is 0.727. The van der Waals surface area contributed by atoms with Crippen molar-refractivity contribution in [3.8, 4) is 0 Å². The van der Waals surface area contributed by atoms with Crippen molar-refractivity contribution in [3.63, 3.8) is 0 Å². The van der Waals surface area contributed by atoms with Crippen LogP contribution in [0.3, 0.4) is 0 Å². The first-order valence-corrected chi connectivity index (χ1v) is 7.12. The summed E-state index contributed by atoms with van der Waals surface area (Å²) in [5.41, 5.74) is 0.593. The van der Waals surface area contributed by atoms with Crippen LogP contribution < -0.4 is 10.9 Å². The van der Waals surface area contributed by atoms with E-state index in [1.165, 1.54) is 0 Å². The Labute approximate surface area is 118 Å². The highest BCUT2D eigenvalue weighted by atomic mass is 16.5. The molecular formula is C15H21N3O2. The van der Waals surface area contributed by atoms with Gasteiger partial charge in [0.2, 0.25) is 5.95 Å². The molecule has 108 valence electrons. The van der Waals surface area contributed by atoms with Crippen molar-refractivity contribution in [2.75, 3.05) is 25.1 Å². The van der Waals surface area contributed by atoms with Crippen LogP contribution in [0.1, 0.15) is 26.2 Å². The van der Waals surface area contributed by atoms with Crippen molar-refractivity contribution in [3.05, 3.63) is 34.6 Å². The number of benzene rings is 1. The lowest BCUT2D eigenvalue weighted by atomic mass is 10.2. The number of rotatable bonds is 8. The van der Waals surface area contributed by atoms with Crippen molar-refractivity contribution in [1.82, 2.24) is 9.97 Å². The maximum absolute atomic E-state index is 11.8. The molecule has 0 bridgehead atoms. The summed E-state index contributed by atoms with van der Waals surface area (Å²) < 4.78 is 5.47. The molecule has 1 aromatic carbocycles. The van der Waals surface area contributed by atoms with Crippen molar-refractivity contribution in [1.29, 1.82) is 0 Å². The first-order valence-electron chi connectivity index (χ1n) is 7.12. The molecular weight excluding hydrogens is 254 g/mol. The predicted octanol–water partition coefficient (Wildman–Crippen LogP) is 2.54. The number of ether oxygens (including phenoxy) is 1. The van der Waals surface area contributed by atoms with E-state index in [2.05, 4.69) is 22.2 Å². The van der Waals surface area contributed by atoms with Crippen molar-refractivity contribution < 1.29 is 4.74 Å². The van der Waals surface area contributed by atoms with Gasteiger partial charge in [-0.1, -0.05) is 25.5 Å². The zero-order valence-corrected chi connectivity index (χ0v) is 11.8. The van der Waals surface area contributed by atoms with Gasteiger partial charge in [0, 0.05) is 19.8 Å². The van der Waals surface area contributed by atoms with Gasteiger partial charge >= 0.3 is 0 Å². The molecule has 20 heavy (non-hydrogen) atoms. The summed E-state index contributed by atoms with van der Waals surface area (Å²) in [7, 11) is 0. The van der Waals surface area contributed by atoms with E-state index in [0.717, 1.165) is 39.0 Å². The van der Waals surface area contributed by atoms with Crippen LogP contribution in [0.25, 0.3) is 10.9 Å². The second-order valence-corrected chi connectivity index (χ2v) is 4.68. The number of aromatic nitrogens is 2. The van der Waals surface area contributed by atoms with E-state index in [1.54, 1.807) is 6.07 Å². The molecule has 2 aromatic rings. The fourth-order valence-corrected chi connectivity index (χ4v) is 1.90. The van der Waals surface area contributed by atoms with Crippen molar-refractivity contribution >= 4 is 16.9 Å². The average molecular weight is 275 g/mol. The number of H-pyrrole nitrogens is 1. The Morgan fingerprint density at radius 1 is 1.25 bits per heavy atom. The average Bonchev–Trinajstić information content (AvgIpc) is 2.46. The Kier molecular flexibility index (Phi) is 5.55. The number of nitrogens with zero attached hydrogens (tertiary/aromatic N) is 1. The molecule has 0 saturated carbocycles. The molecule has 0 fully saturated rings. The highest BCUT2D eigenvalue weighted by molar-refractivity contribution is 5.78. The predicted molar refractivity (Wildman–Crippen MR) is 81.2 cm³/mol. The fourth-order valence-electron chi connectivity index (χ4n) is 1.90. The monoisotopic (exact) mass is 275 g/mol. The van der Waals surface area contributed by atoms with E-state index < -0.39 is 0 Å². The smallest absolute Gasteiger partial charge is 0.260 e. The summed E-state index contributed by atoms with van der Waals surface area (Å²) in [5.74, 6) is 0.516. The zero-order valence-electron chi connectivity index (χ0n) is 11.8. The second-order valence-electron chi connectivity index (χ2n) is 4.68. The maximum atomic E-state index is 11.8. The molecule has 0 spiro atoms. The van der Waals surface area contributed by atoms with Crippen molar-refractivity contribution in [2.24, 2.45) is 0 Å². The number of unbranched alkanes of at least 4 members (excludes halogenated alkanes) is 1. The van der Waals surface area contributed by atoms with Gasteiger partial charge < -0.3 is 10.1 Å². The molecule has 0 unspecified atom stereocenters. The highest BCUT2D eigenvalue weighted by Crippen LogP contribution is 2.07. The van der Waals surface area contributed by atoms with Gasteiger partial charge in [-0.2, -0.15) is 0 Å². The molecule has 1 aromatic heterocycles. The minimum absolute atomic E-state index is 0.114. The van der Waals surface area contributed by atoms with Crippen LogP contribution >= 0.6 is 0 Å². The lowest BCUT2D eigenvalue weighted by Crippen LogP contribution is -2.14. The van der Waals surface area contributed by atoms with Gasteiger partial charge in [-0.25, -0.2) is 4.98 Å². The second kappa shape index (κ2) is 7.65. The van der Waals surface area contributed by atoms with Gasteiger partial charge in [-0.15, -0.1) is 0 Å². The van der Waals surface area contributed by atoms with Gasteiger partial charge in [0.05, 0.1) is 10.9 Å². The lowest BCUT2D eigenvalue weighted by molar-refractivity contribution is 0.131. The summed E-state index contributed by atoms with van der Waals surface area (Å²) in [6.45, 7) is 4.42. The highest BCUT2D eigenvalue weighted by Gasteiger charge is 2.02. The molecule has 0 aliphatic heterocycles. The third kappa shape index (κ3) is 4.06. The van der Waals surface area contributed by atoms with Crippen LogP contribution in [-0.4, -0.2) is 29.7 Å². The third-order valence-corrected chi connectivity index (χ3v) is 3.01. The Morgan fingerprint density at radius 2 is 2.05 bits per heavy atom. The van der Waals surface area contributed by atoms with Gasteiger partial charge in [0.25, 0.3) is 5.56 Å². The number of aromatic amines is 1. The minimum Gasteiger partial charge on any atom is -0.381 e. The molecule has 2 rings (SSSR count). The molecule has 0 radical (unpaired) electrons. The van der Waals surface area contributed by atoms with E-state index in [1.807, 2.05) is 18.2 Å². The molecule has 0 aliphatic carbocycles. The van der Waals surface area contributed by atoms with Gasteiger partial charge in [0.1, 0.15) is 0 Å². The van der Waals surface area contributed by atoms with E-state index in [0.29, 0.717) is 16.9 Å². The summed E-state index contributed by atoms with van der Waals surface area (Å²) in [6, 6.07) is 7.32. The number of nitrogens with one attached hydrogen (secondary N) is 2. The van der Waals surface area contributed by atoms with E-state index in [4.69, 9.17) is 4.74 Å². The molecule has 5 nitrogen and oxygen atoms in total. The van der Waals surface area contributed by atoms with Crippen molar-refractivity contribution in [2.45, 2.75) is 26.2 Å². The summed E-state index contributed by atoms with van der Waals surface area (Å²) in [4.78, 5) is 19.0. The maximum Gasteiger partial charge on any atom is 0.260 e. The molecule has 0 atom stereocenters. The van der Waals surface area contributed by atoms with Crippen LogP contribution in [-0.2, 0) is 4.74 Å². The zero-order chi connectivity index (χ0) is 14.2. The largest absolute Gasteiger partial charge is 0.381 e. The number of hydrogen-bond donors (Lipinski definition) is 2. The standard InChI is InChI=1S/C15H21N3O2/c1-2-3-10-20-11-6-9-16-15-17-13-8-5-4-7-12(13)14(19)18-15/h4-5,7-8H,2-3,6,9-11H2,1H3,(H2,16,17,18,19). The molecule has 0 amide bonds. The molecule has 0 saturated heterocycles. The van der Waals surface area contributed by atoms with E-state index in [-0.39, 0.29) is 5.56 Å². The lowest BCUT2D eigenvalue weighted by Gasteiger charge is -2.07. The molecule has 0 aliphatic rings. The molecule has 2 N–H and O–H groups in total. The van der Waals surface area contributed by atoms with Gasteiger partial charge in [0.15, 0.2) is 0 Å². The first-order chi connectivity index (χ1) is 9.81. The first kappa shape index (κ1) is 14.5. The van der Waals surface area contributed by atoms with Crippen LogP contribution in [0.2, 0.25) is 0 Å². The summed E-state index contributed by atoms with van der Waals surface area (Å²) in [5, 5.41) is 3.73. The van der Waals surface area contributed by atoms with Crippen LogP contribution in [0.4, 0.5) is 5.95 Å². The van der Waals surface area contributed by atoms with Crippen LogP contribution in [0.15, 0.2) is 29.1 Å². The summed E-state index contributed by atoms with van der Waals surface area (Å²) >= 11 is 0. The number of anilines is 1. The Hall–Kier alpha value is -1.88. The third-order valence-electron chi connectivity index (χ3n) is 3.01. The Bertz CT molecular complexity index is 595.